The summed E-state index contributed by atoms with van der Waals surface area (Å²) in [5.74, 6) is 1.26. The van der Waals surface area contributed by atoms with Crippen LogP contribution in [0.1, 0.15) is 0 Å². The third-order valence-electron chi connectivity index (χ3n) is 6.16. The van der Waals surface area contributed by atoms with Crippen molar-refractivity contribution < 1.29 is 9.53 Å². The fourth-order valence-electron chi connectivity index (χ4n) is 4.64. The Bertz CT molecular complexity index is 1170. The molecule has 2 atom stereocenters. The van der Waals surface area contributed by atoms with Crippen molar-refractivity contribution in [1.29, 1.82) is 0 Å². The first-order valence-electron chi connectivity index (χ1n) is 9.94. The van der Waals surface area contributed by atoms with Gasteiger partial charge in [-0.05, 0) is 6.08 Å². The summed E-state index contributed by atoms with van der Waals surface area (Å²) in [5.41, 5.74) is 0.972. The Labute approximate surface area is 183 Å². The molecule has 10 nitrogen and oxygen atoms in total. The molecule has 162 valence electrons. The first kappa shape index (κ1) is 19.8. The van der Waals surface area contributed by atoms with Crippen LogP contribution in [0.2, 0.25) is 5.02 Å². The van der Waals surface area contributed by atoms with E-state index in [1.54, 1.807) is 29.1 Å². The molecule has 31 heavy (non-hydrogen) atoms. The zero-order valence-corrected chi connectivity index (χ0v) is 18.1. The van der Waals surface area contributed by atoms with Crippen LogP contribution in [0.3, 0.4) is 0 Å². The Kier molecular flexibility index (Phi) is 4.63. The maximum atomic E-state index is 12.1. The number of hydrogen-bond donors (Lipinski definition) is 2. The average molecular weight is 443 g/mol. The zero-order chi connectivity index (χ0) is 21.8. The Morgan fingerprint density at radius 1 is 1.42 bits per heavy atom. The van der Waals surface area contributed by atoms with Crippen LogP contribution in [-0.2, 0) is 16.6 Å². The van der Waals surface area contributed by atoms with Gasteiger partial charge in [-0.1, -0.05) is 18.2 Å². The summed E-state index contributed by atoms with van der Waals surface area (Å²) in [4.78, 5) is 28.6. The number of carbonyl (C=O) groups excluding carboxylic acids is 1. The lowest BCUT2D eigenvalue weighted by Gasteiger charge is -2.28. The van der Waals surface area contributed by atoms with Gasteiger partial charge in [0.15, 0.2) is 0 Å². The van der Waals surface area contributed by atoms with E-state index in [4.69, 9.17) is 21.3 Å². The number of amides is 1. The second kappa shape index (κ2) is 7.24. The number of ether oxygens (including phenoxy) is 1. The first-order valence-corrected chi connectivity index (χ1v) is 10.3. The fraction of sp³-hybridized carbons (Fsp3) is 0.400. The molecule has 0 aromatic carbocycles. The van der Waals surface area contributed by atoms with Gasteiger partial charge in [0.1, 0.15) is 17.1 Å². The standard InChI is InChI=1S/C20H23ClN8O2/c1-4-15(30)28-7-12-8-29(11-20(12,10-28)31-3)18-16-14(21)6-22-17(16)25-19(26-18)24-13-5-23-27(2)9-13/h4-6,9,12H,1,7-8,10-11H2,2-3H3,(H2,22,24,25,26)/t12-,20-/m1/s1. The maximum Gasteiger partial charge on any atom is 0.246 e. The van der Waals surface area contributed by atoms with Crippen molar-refractivity contribution in [3.8, 4) is 0 Å². The van der Waals surface area contributed by atoms with E-state index < -0.39 is 5.60 Å². The van der Waals surface area contributed by atoms with Gasteiger partial charge in [-0.3, -0.25) is 9.48 Å². The lowest BCUT2D eigenvalue weighted by Crippen LogP contribution is -2.43. The number of aromatic nitrogens is 5. The molecule has 2 fully saturated rings. The molecule has 0 spiro atoms. The van der Waals surface area contributed by atoms with Crippen LogP contribution < -0.4 is 10.2 Å². The number of likely N-dealkylation sites (tertiary alicyclic amines) is 1. The molecule has 0 unspecified atom stereocenters. The van der Waals surface area contributed by atoms with E-state index in [0.717, 1.165) is 16.9 Å². The highest BCUT2D eigenvalue weighted by molar-refractivity contribution is 6.36. The van der Waals surface area contributed by atoms with Crippen LogP contribution in [0.4, 0.5) is 17.5 Å². The normalized spacial score (nSPS) is 22.9. The second-order valence-electron chi connectivity index (χ2n) is 8.03. The number of nitrogens with zero attached hydrogens (tertiary/aromatic N) is 6. The van der Waals surface area contributed by atoms with E-state index in [2.05, 4.69) is 31.9 Å². The highest BCUT2D eigenvalue weighted by Crippen LogP contribution is 2.42. The summed E-state index contributed by atoms with van der Waals surface area (Å²) < 4.78 is 7.67. The number of H-pyrrole nitrogens is 1. The van der Waals surface area contributed by atoms with Gasteiger partial charge in [0.25, 0.3) is 0 Å². The van der Waals surface area contributed by atoms with E-state index in [9.17, 15) is 4.79 Å². The van der Waals surface area contributed by atoms with Crippen molar-refractivity contribution in [3.05, 3.63) is 36.3 Å². The maximum absolute atomic E-state index is 12.1. The van der Waals surface area contributed by atoms with E-state index in [1.807, 2.05) is 13.2 Å². The lowest BCUT2D eigenvalue weighted by molar-refractivity contribution is -0.126. The molecule has 0 radical (unpaired) electrons. The molecule has 0 bridgehead atoms. The van der Waals surface area contributed by atoms with Gasteiger partial charge >= 0.3 is 0 Å². The Balaban J connectivity index is 1.49. The van der Waals surface area contributed by atoms with Gasteiger partial charge in [0.2, 0.25) is 11.9 Å². The quantitative estimate of drug-likeness (QED) is 0.582. The van der Waals surface area contributed by atoms with Crippen LogP contribution >= 0.6 is 11.6 Å². The highest BCUT2D eigenvalue weighted by Gasteiger charge is 2.54. The van der Waals surface area contributed by atoms with Crippen LogP contribution in [0.15, 0.2) is 31.2 Å². The summed E-state index contributed by atoms with van der Waals surface area (Å²) >= 11 is 6.48. The molecular formula is C20H23ClN8O2. The van der Waals surface area contributed by atoms with Crippen LogP contribution in [0.5, 0.6) is 0 Å². The minimum Gasteiger partial charge on any atom is -0.374 e. The molecule has 2 N–H and O–H groups in total. The summed E-state index contributed by atoms with van der Waals surface area (Å²) in [5, 5.41) is 8.70. The minimum absolute atomic E-state index is 0.0709. The minimum atomic E-state index is -0.463. The molecule has 3 aromatic heterocycles. The summed E-state index contributed by atoms with van der Waals surface area (Å²) in [6.45, 7) is 6.02. The van der Waals surface area contributed by atoms with E-state index in [1.165, 1.54) is 6.08 Å². The topological polar surface area (TPSA) is 104 Å². The Morgan fingerprint density at radius 3 is 2.94 bits per heavy atom. The smallest absolute Gasteiger partial charge is 0.246 e. The summed E-state index contributed by atoms with van der Waals surface area (Å²) in [6.07, 6.45) is 6.62. The third-order valence-corrected chi connectivity index (χ3v) is 6.46. The predicted molar refractivity (Wildman–Crippen MR) is 118 cm³/mol. The number of fused-ring (bicyclic) bond motifs is 2. The molecule has 2 aliphatic rings. The Hall–Kier alpha value is -3.11. The fourth-order valence-corrected chi connectivity index (χ4v) is 4.87. The summed E-state index contributed by atoms with van der Waals surface area (Å²) in [6, 6.07) is 0. The average Bonchev–Trinajstić information content (AvgIpc) is 3.50. The van der Waals surface area contributed by atoms with Gasteiger partial charge < -0.3 is 24.8 Å². The third kappa shape index (κ3) is 3.22. The lowest BCUT2D eigenvalue weighted by atomic mass is 9.95. The number of aromatic amines is 1. The number of aryl methyl sites for hydroxylation is 1. The van der Waals surface area contributed by atoms with Gasteiger partial charge in [-0.25, -0.2) is 0 Å². The Morgan fingerprint density at radius 2 is 2.26 bits per heavy atom. The monoisotopic (exact) mass is 442 g/mol. The largest absolute Gasteiger partial charge is 0.374 e. The van der Waals surface area contributed by atoms with E-state index in [-0.39, 0.29) is 11.8 Å². The number of methoxy groups -OCH3 is 1. The first-order chi connectivity index (χ1) is 14.9. The molecule has 2 aliphatic heterocycles. The van der Waals surface area contributed by atoms with Gasteiger partial charge in [-0.2, -0.15) is 15.1 Å². The molecular weight excluding hydrogens is 420 g/mol. The zero-order valence-electron chi connectivity index (χ0n) is 17.3. The number of anilines is 3. The number of nitrogens with one attached hydrogen (secondary N) is 2. The molecule has 0 aliphatic carbocycles. The van der Waals surface area contributed by atoms with Gasteiger partial charge in [-0.15, -0.1) is 0 Å². The number of hydrogen-bond acceptors (Lipinski definition) is 7. The van der Waals surface area contributed by atoms with Gasteiger partial charge in [0, 0.05) is 45.6 Å². The van der Waals surface area contributed by atoms with Gasteiger partial charge in [0.05, 0.1) is 35.4 Å². The molecule has 2 saturated heterocycles. The predicted octanol–water partition coefficient (Wildman–Crippen LogP) is 1.94. The van der Waals surface area contributed by atoms with Crippen molar-refractivity contribution in [2.45, 2.75) is 5.60 Å². The molecule has 5 rings (SSSR count). The van der Waals surface area contributed by atoms with Crippen molar-refractivity contribution in [3.63, 3.8) is 0 Å². The number of carbonyl (C=O) groups is 1. The number of rotatable bonds is 5. The SMILES string of the molecule is C=CC(=O)N1C[C@@H]2CN(c3nc(Nc4cnn(C)c4)nc4[nH]cc(Cl)c34)C[C@]2(OC)C1. The van der Waals surface area contributed by atoms with Crippen LogP contribution in [0.25, 0.3) is 11.0 Å². The van der Waals surface area contributed by atoms with Crippen LogP contribution in [0, 0.1) is 5.92 Å². The van der Waals surface area contributed by atoms with Crippen molar-refractivity contribution in [1.82, 2.24) is 29.6 Å². The number of halogens is 1. The molecule has 3 aromatic rings. The molecule has 11 heteroatoms. The highest BCUT2D eigenvalue weighted by atomic mass is 35.5. The van der Waals surface area contributed by atoms with Crippen LogP contribution in [-0.4, -0.2) is 74.4 Å². The summed E-state index contributed by atoms with van der Waals surface area (Å²) in [7, 11) is 3.55. The molecule has 5 heterocycles. The van der Waals surface area contributed by atoms with E-state index in [0.29, 0.717) is 42.8 Å². The second-order valence-corrected chi connectivity index (χ2v) is 8.44. The van der Waals surface area contributed by atoms with Crippen molar-refractivity contribution >= 4 is 46.0 Å². The molecule has 1 amide bonds. The van der Waals surface area contributed by atoms with Crippen molar-refractivity contribution in [2.75, 3.05) is 43.5 Å². The molecule has 0 saturated carbocycles. The van der Waals surface area contributed by atoms with E-state index >= 15 is 0 Å². The van der Waals surface area contributed by atoms with Crippen molar-refractivity contribution in [2.24, 2.45) is 13.0 Å².